The van der Waals surface area contributed by atoms with E-state index in [1.165, 1.54) is 47.1 Å². The van der Waals surface area contributed by atoms with E-state index < -0.39 is 0 Å². The Balaban J connectivity index is 1.39. The lowest BCUT2D eigenvalue weighted by atomic mass is 9.79. The number of nitrogens with one attached hydrogen (secondary N) is 1. The van der Waals surface area contributed by atoms with Crippen LogP contribution in [0.2, 0.25) is 0 Å². The number of thiophene rings is 1. The van der Waals surface area contributed by atoms with Gasteiger partial charge in [-0.3, -0.25) is 4.90 Å². The highest BCUT2D eigenvalue weighted by Gasteiger charge is 2.39. The molecule has 3 aliphatic heterocycles. The van der Waals surface area contributed by atoms with Crippen molar-refractivity contribution in [3.05, 3.63) is 48.0 Å². The largest absolute Gasteiger partial charge is 0.365 e. The molecule has 4 heteroatoms. The average molecular weight is 350 g/mol. The molecule has 1 N–H and O–H groups in total. The highest BCUT2D eigenvalue weighted by atomic mass is 32.1. The van der Waals surface area contributed by atoms with Gasteiger partial charge in [-0.2, -0.15) is 0 Å². The zero-order valence-corrected chi connectivity index (χ0v) is 15.3. The van der Waals surface area contributed by atoms with Crippen LogP contribution in [0.5, 0.6) is 0 Å². The van der Waals surface area contributed by atoms with Gasteiger partial charge in [-0.25, -0.2) is 4.98 Å². The molecule has 3 fully saturated rings. The number of hydrogen-bond acceptors (Lipinski definition) is 4. The Morgan fingerprint density at radius 2 is 1.96 bits per heavy atom. The normalized spacial score (nSPS) is 28.4. The molecule has 0 unspecified atom stereocenters. The lowest BCUT2D eigenvalue weighted by Crippen LogP contribution is -2.59. The Kier molecular flexibility index (Phi) is 3.75. The fourth-order valence-corrected chi connectivity index (χ4v) is 5.53. The number of fused-ring (bicyclic) bond motifs is 4. The molecule has 6 rings (SSSR count). The van der Waals surface area contributed by atoms with Crippen LogP contribution in [0.3, 0.4) is 0 Å². The van der Waals surface area contributed by atoms with E-state index in [4.69, 9.17) is 4.98 Å². The summed E-state index contributed by atoms with van der Waals surface area (Å²) >= 11 is 1.80. The van der Waals surface area contributed by atoms with Crippen LogP contribution in [0.4, 0.5) is 5.82 Å². The first-order chi connectivity index (χ1) is 12.3. The molecular formula is C21H23N3S. The maximum atomic E-state index is 4.73. The van der Waals surface area contributed by atoms with Crippen molar-refractivity contribution in [2.45, 2.75) is 31.8 Å². The maximum absolute atomic E-state index is 4.73. The second-order valence-electron chi connectivity index (χ2n) is 7.36. The van der Waals surface area contributed by atoms with Crippen molar-refractivity contribution in [1.29, 1.82) is 0 Å². The number of benzene rings is 1. The van der Waals surface area contributed by atoms with Gasteiger partial charge in [-0.15, -0.1) is 11.3 Å². The number of anilines is 1. The molecule has 0 aliphatic carbocycles. The third kappa shape index (κ3) is 2.64. The van der Waals surface area contributed by atoms with Crippen LogP contribution in [0, 0.1) is 5.92 Å². The van der Waals surface area contributed by atoms with E-state index in [-0.39, 0.29) is 0 Å². The van der Waals surface area contributed by atoms with Crippen molar-refractivity contribution in [3.8, 4) is 11.1 Å². The van der Waals surface area contributed by atoms with Gasteiger partial charge in [-0.1, -0.05) is 18.2 Å². The zero-order valence-electron chi connectivity index (χ0n) is 14.5. The molecule has 3 aliphatic rings. The van der Waals surface area contributed by atoms with E-state index in [0.29, 0.717) is 12.1 Å². The third-order valence-electron chi connectivity index (χ3n) is 6.05. The molecule has 1 aromatic carbocycles. The molecule has 128 valence electrons. The van der Waals surface area contributed by atoms with Gasteiger partial charge in [0.25, 0.3) is 0 Å². The minimum Gasteiger partial charge on any atom is -0.365 e. The van der Waals surface area contributed by atoms with E-state index in [2.05, 4.69) is 58.9 Å². The van der Waals surface area contributed by atoms with E-state index in [1.807, 2.05) is 6.20 Å². The van der Waals surface area contributed by atoms with Gasteiger partial charge in [0.2, 0.25) is 0 Å². The Morgan fingerprint density at radius 1 is 1.12 bits per heavy atom. The Hall–Kier alpha value is -1.91. The molecule has 2 atom stereocenters. The monoisotopic (exact) mass is 349 g/mol. The predicted octanol–water partition coefficient (Wildman–Crippen LogP) is 4.86. The smallest absolute Gasteiger partial charge is 0.126 e. The van der Waals surface area contributed by atoms with Crippen molar-refractivity contribution < 1.29 is 0 Å². The summed E-state index contributed by atoms with van der Waals surface area (Å²) in [5.41, 5.74) is 2.49. The highest BCUT2D eigenvalue weighted by Crippen LogP contribution is 2.35. The van der Waals surface area contributed by atoms with Gasteiger partial charge in [-0.05, 0) is 62.4 Å². The summed E-state index contributed by atoms with van der Waals surface area (Å²) in [7, 11) is 0. The molecule has 3 saturated heterocycles. The molecule has 25 heavy (non-hydrogen) atoms. The fourth-order valence-electron chi connectivity index (χ4n) is 4.56. The Morgan fingerprint density at radius 3 is 2.72 bits per heavy atom. The van der Waals surface area contributed by atoms with Gasteiger partial charge in [0.05, 0.1) is 0 Å². The number of hydrogen-bond donors (Lipinski definition) is 1. The van der Waals surface area contributed by atoms with Gasteiger partial charge < -0.3 is 5.32 Å². The van der Waals surface area contributed by atoms with Crippen molar-refractivity contribution in [1.82, 2.24) is 9.88 Å². The number of piperidine rings is 3. The first kappa shape index (κ1) is 15.4. The SMILES string of the molecule is C[C@@H]1[C@@H](Nc2ccc(-c3csc4ccccc34)cn2)C2CCN1CC2. The average Bonchev–Trinajstić information content (AvgIpc) is 3.10. The number of nitrogens with zero attached hydrogens (tertiary/aromatic N) is 2. The first-order valence-corrected chi connectivity index (χ1v) is 10.1. The lowest BCUT2D eigenvalue weighted by molar-refractivity contribution is 0.0457. The third-order valence-corrected chi connectivity index (χ3v) is 7.01. The minimum atomic E-state index is 0.530. The van der Waals surface area contributed by atoms with Crippen molar-refractivity contribution in [3.63, 3.8) is 0 Å². The molecule has 3 aromatic rings. The second-order valence-corrected chi connectivity index (χ2v) is 8.27. The molecule has 3 nitrogen and oxygen atoms in total. The number of rotatable bonds is 3. The summed E-state index contributed by atoms with van der Waals surface area (Å²) in [5.74, 6) is 1.80. The number of aromatic nitrogens is 1. The standard InChI is InChI=1S/C21H23N3S/c1-14-21(15-8-10-24(14)11-9-15)23-20-7-6-16(12-22-20)18-13-25-19-5-3-2-4-17(18)19/h2-7,12-15,21H,8-11H2,1H3,(H,22,23)/t14-,21-/m1/s1. The van der Waals surface area contributed by atoms with Crippen LogP contribution in [-0.2, 0) is 0 Å². The maximum Gasteiger partial charge on any atom is 0.126 e. The van der Waals surface area contributed by atoms with Crippen LogP contribution < -0.4 is 5.32 Å². The first-order valence-electron chi connectivity index (χ1n) is 9.23. The Labute approximate surface area is 152 Å². The minimum absolute atomic E-state index is 0.530. The van der Waals surface area contributed by atoms with Crippen LogP contribution in [0.1, 0.15) is 19.8 Å². The molecule has 2 aromatic heterocycles. The van der Waals surface area contributed by atoms with Gasteiger partial charge in [0, 0.05) is 39.5 Å². The van der Waals surface area contributed by atoms with Gasteiger partial charge in [0.15, 0.2) is 0 Å². The van der Waals surface area contributed by atoms with Crippen LogP contribution in [0.25, 0.3) is 21.2 Å². The van der Waals surface area contributed by atoms with E-state index in [9.17, 15) is 0 Å². The van der Waals surface area contributed by atoms with Crippen LogP contribution >= 0.6 is 11.3 Å². The summed E-state index contributed by atoms with van der Waals surface area (Å²) in [5, 5.41) is 7.28. The molecule has 0 spiro atoms. The van der Waals surface area contributed by atoms with E-state index in [0.717, 1.165) is 11.7 Å². The topological polar surface area (TPSA) is 28.2 Å². The molecular weight excluding hydrogens is 326 g/mol. The van der Waals surface area contributed by atoms with Crippen molar-refractivity contribution in [2.24, 2.45) is 5.92 Å². The molecule has 0 saturated carbocycles. The summed E-state index contributed by atoms with van der Waals surface area (Å²) in [6.07, 6.45) is 4.66. The second kappa shape index (κ2) is 6.11. The summed E-state index contributed by atoms with van der Waals surface area (Å²) < 4.78 is 1.33. The summed E-state index contributed by atoms with van der Waals surface area (Å²) in [4.78, 5) is 7.34. The molecule has 2 bridgehead atoms. The summed E-state index contributed by atoms with van der Waals surface area (Å²) in [6, 6.07) is 14.1. The molecule has 0 radical (unpaired) electrons. The highest BCUT2D eigenvalue weighted by molar-refractivity contribution is 7.17. The quantitative estimate of drug-likeness (QED) is 0.732. The van der Waals surface area contributed by atoms with Crippen molar-refractivity contribution in [2.75, 3.05) is 18.4 Å². The molecule has 5 heterocycles. The van der Waals surface area contributed by atoms with Gasteiger partial charge >= 0.3 is 0 Å². The van der Waals surface area contributed by atoms with E-state index in [1.54, 1.807) is 11.3 Å². The van der Waals surface area contributed by atoms with Crippen LogP contribution in [-0.4, -0.2) is 35.1 Å². The van der Waals surface area contributed by atoms with Crippen molar-refractivity contribution >= 4 is 27.2 Å². The van der Waals surface area contributed by atoms with E-state index >= 15 is 0 Å². The summed E-state index contributed by atoms with van der Waals surface area (Å²) in [6.45, 7) is 4.89. The molecule has 0 amide bonds. The predicted molar refractivity (Wildman–Crippen MR) is 106 cm³/mol. The Bertz CT molecular complexity index is 876. The number of pyridine rings is 1. The van der Waals surface area contributed by atoms with Gasteiger partial charge in [0.1, 0.15) is 5.82 Å². The zero-order chi connectivity index (χ0) is 16.8. The van der Waals surface area contributed by atoms with Crippen LogP contribution in [0.15, 0.2) is 48.0 Å². The fraction of sp³-hybridized carbons (Fsp3) is 0.381. The lowest BCUT2D eigenvalue weighted by Gasteiger charge is -2.50.